The van der Waals surface area contributed by atoms with Crippen molar-refractivity contribution in [2.24, 2.45) is 0 Å². The van der Waals surface area contributed by atoms with E-state index in [2.05, 4.69) is 15.0 Å². The van der Waals surface area contributed by atoms with Gasteiger partial charge in [-0.25, -0.2) is 15.0 Å². The molecule has 1 aliphatic heterocycles. The molecule has 1 aromatic carbocycles. The van der Waals surface area contributed by atoms with Gasteiger partial charge in [0.2, 0.25) is 11.9 Å². The second kappa shape index (κ2) is 9.91. The van der Waals surface area contributed by atoms with Crippen LogP contribution in [0, 0.1) is 13.8 Å². The molecule has 3 aromatic rings. The van der Waals surface area contributed by atoms with E-state index in [1.54, 1.807) is 19.5 Å². The Kier molecular flexibility index (Phi) is 6.79. The molecule has 2 aromatic heterocycles. The summed E-state index contributed by atoms with van der Waals surface area (Å²) < 4.78 is 11.2. The zero-order chi connectivity index (χ0) is 23.4. The fraction of sp³-hybridized carbons (Fsp3) is 0.375. The monoisotopic (exact) mass is 448 g/mol. The highest BCUT2D eigenvalue weighted by Crippen LogP contribution is 2.26. The van der Waals surface area contributed by atoms with Crippen LogP contribution in [0.3, 0.4) is 0 Å². The van der Waals surface area contributed by atoms with Gasteiger partial charge in [0.1, 0.15) is 11.9 Å². The molecule has 9 heteroatoms. The number of methoxy groups -OCH3 is 1. The molecule has 4 rings (SSSR count). The third-order valence-electron chi connectivity index (χ3n) is 5.79. The molecular weight excluding hydrogens is 420 g/mol. The van der Waals surface area contributed by atoms with Crippen molar-refractivity contribution >= 4 is 11.9 Å². The van der Waals surface area contributed by atoms with E-state index in [0.717, 1.165) is 34.0 Å². The molecular formula is C24H28N6O3. The van der Waals surface area contributed by atoms with Gasteiger partial charge >= 0.3 is 0 Å². The minimum atomic E-state index is -0.330. The van der Waals surface area contributed by atoms with Crippen molar-refractivity contribution in [2.75, 3.05) is 32.5 Å². The Labute approximate surface area is 193 Å². The number of anilines is 1. The molecule has 0 aliphatic carbocycles. The van der Waals surface area contributed by atoms with Crippen molar-refractivity contribution in [2.45, 2.75) is 32.8 Å². The Bertz CT molecular complexity index is 1130. The molecule has 0 bridgehead atoms. The van der Waals surface area contributed by atoms with Crippen LogP contribution >= 0.6 is 0 Å². The third-order valence-corrected chi connectivity index (χ3v) is 5.79. The van der Waals surface area contributed by atoms with Gasteiger partial charge in [0.15, 0.2) is 0 Å². The lowest BCUT2D eigenvalue weighted by atomic mass is 10.1. The lowest BCUT2D eigenvalue weighted by Crippen LogP contribution is -2.42. The average Bonchev–Trinajstić information content (AvgIpc) is 2.83. The highest BCUT2D eigenvalue weighted by atomic mass is 16.5. The third kappa shape index (κ3) is 5.25. The van der Waals surface area contributed by atoms with E-state index in [1.807, 2.05) is 43.0 Å². The maximum atomic E-state index is 13.0. The van der Waals surface area contributed by atoms with Crippen molar-refractivity contribution in [3.05, 3.63) is 59.3 Å². The second-order valence-electron chi connectivity index (χ2n) is 7.99. The van der Waals surface area contributed by atoms with Gasteiger partial charge < -0.3 is 20.1 Å². The predicted molar refractivity (Wildman–Crippen MR) is 124 cm³/mol. The van der Waals surface area contributed by atoms with Gasteiger partial charge in [-0.15, -0.1) is 0 Å². The number of nitrogens with zero attached hydrogens (tertiary/aromatic N) is 5. The normalized spacial score (nSPS) is 16.0. The molecule has 0 spiro atoms. The van der Waals surface area contributed by atoms with Gasteiger partial charge in [0.25, 0.3) is 0 Å². The molecule has 33 heavy (non-hydrogen) atoms. The summed E-state index contributed by atoms with van der Waals surface area (Å²) in [6, 6.07) is 7.67. The SMILES string of the molecule is COc1cccc(-c2cncc([C@@H]3CN(C(=O)CCc4c(C)nc(N)nc4C)CCO3)n2)c1. The highest BCUT2D eigenvalue weighted by Gasteiger charge is 2.27. The second-order valence-corrected chi connectivity index (χ2v) is 7.99. The summed E-state index contributed by atoms with van der Waals surface area (Å²) >= 11 is 0. The topological polar surface area (TPSA) is 116 Å². The van der Waals surface area contributed by atoms with E-state index in [1.165, 1.54) is 0 Å². The summed E-state index contributed by atoms with van der Waals surface area (Å²) in [4.78, 5) is 32.3. The Morgan fingerprint density at radius 3 is 2.76 bits per heavy atom. The molecule has 0 unspecified atom stereocenters. The van der Waals surface area contributed by atoms with Gasteiger partial charge in [-0.3, -0.25) is 9.78 Å². The molecule has 172 valence electrons. The minimum absolute atomic E-state index is 0.0656. The summed E-state index contributed by atoms with van der Waals surface area (Å²) in [7, 11) is 1.63. The summed E-state index contributed by atoms with van der Waals surface area (Å²) in [5, 5.41) is 0. The largest absolute Gasteiger partial charge is 0.497 e. The molecule has 1 aliphatic rings. The average molecular weight is 449 g/mol. The minimum Gasteiger partial charge on any atom is -0.497 e. The number of morpholine rings is 1. The maximum absolute atomic E-state index is 13.0. The van der Waals surface area contributed by atoms with Crippen molar-refractivity contribution in [1.29, 1.82) is 0 Å². The molecule has 2 N–H and O–H groups in total. The quantitative estimate of drug-likeness (QED) is 0.612. The summed E-state index contributed by atoms with van der Waals surface area (Å²) in [5.41, 5.74) is 10.6. The summed E-state index contributed by atoms with van der Waals surface area (Å²) in [6.07, 6.45) is 4.02. The van der Waals surface area contributed by atoms with Crippen LogP contribution in [0.2, 0.25) is 0 Å². The molecule has 1 amide bonds. The number of nitrogens with two attached hydrogens (primary N) is 1. The highest BCUT2D eigenvalue weighted by molar-refractivity contribution is 5.76. The number of amides is 1. The zero-order valence-electron chi connectivity index (χ0n) is 19.1. The van der Waals surface area contributed by atoms with E-state index in [-0.39, 0.29) is 18.0 Å². The zero-order valence-corrected chi connectivity index (χ0v) is 19.1. The van der Waals surface area contributed by atoms with E-state index in [4.69, 9.17) is 20.2 Å². The maximum Gasteiger partial charge on any atom is 0.223 e. The summed E-state index contributed by atoms with van der Waals surface area (Å²) in [5.74, 6) is 1.08. The van der Waals surface area contributed by atoms with Crippen LogP contribution in [-0.4, -0.2) is 57.5 Å². The van der Waals surface area contributed by atoms with Gasteiger partial charge in [0, 0.05) is 29.9 Å². The number of hydrogen-bond acceptors (Lipinski definition) is 8. The number of rotatable bonds is 6. The molecule has 0 saturated carbocycles. The number of carbonyl (C=O) groups is 1. The lowest BCUT2D eigenvalue weighted by molar-refractivity contribution is -0.139. The fourth-order valence-corrected chi connectivity index (χ4v) is 4.03. The van der Waals surface area contributed by atoms with Crippen molar-refractivity contribution in [1.82, 2.24) is 24.8 Å². The van der Waals surface area contributed by atoms with Crippen LogP contribution in [0.25, 0.3) is 11.3 Å². The number of nitrogen functional groups attached to an aromatic ring is 1. The first-order valence-electron chi connectivity index (χ1n) is 10.9. The van der Waals surface area contributed by atoms with Crippen molar-refractivity contribution in [3.63, 3.8) is 0 Å². The van der Waals surface area contributed by atoms with Crippen LogP contribution in [0.5, 0.6) is 5.75 Å². The number of aryl methyl sites for hydroxylation is 2. The van der Waals surface area contributed by atoms with Crippen LogP contribution < -0.4 is 10.5 Å². The molecule has 1 fully saturated rings. The van der Waals surface area contributed by atoms with Crippen LogP contribution in [0.1, 0.15) is 35.2 Å². The number of ether oxygens (including phenoxy) is 2. The first kappa shape index (κ1) is 22.6. The van der Waals surface area contributed by atoms with Gasteiger partial charge in [0.05, 0.1) is 44.0 Å². The first-order chi connectivity index (χ1) is 15.9. The van der Waals surface area contributed by atoms with E-state index in [0.29, 0.717) is 38.2 Å². The fourth-order valence-electron chi connectivity index (χ4n) is 4.03. The Morgan fingerprint density at radius 2 is 2.00 bits per heavy atom. The molecule has 1 atom stereocenters. The van der Waals surface area contributed by atoms with Crippen LogP contribution in [0.15, 0.2) is 36.7 Å². The Hall–Kier alpha value is -3.59. The van der Waals surface area contributed by atoms with E-state index < -0.39 is 0 Å². The predicted octanol–water partition coefficient (Wildman–Crippen LogP) is 2.67. The molecule has 9 nitrogen and oxygen atoms in total. The van der Waals surface area contributed by atoms with Gasteiger partial charge in [-0.1, -0.05) is 12.1 Å². The number of hydrogen-bond donors (Lipinski definition) is 1. The van der Waals surface area contributed by atoms with Crippen LogP contribution in [-0.2, 0) is 16.0 Å². The number of benzene rings is 1. The van der Waals surface area contributed by atoms with E-state index >= 15 is 0 Å². The van der Waals surface area contributed by atoms with Crippen molar-refractivity contribution < 1.29 is 14.3 Å². The Morgan fingerprint density at radius 1 is 1.21 bits per heavy atom. The molecule has 0 radical (unpaired) electrons. The molecule has 1 saturated heterocycles. The number of aromatic nitrogens is 4. The number of carbonyl (C=O) groups excluding carboxylic acids is 1. The lowest BCUT2D eigenvalue weighted by Gasteiger charge is -2.32. The summed E-state index contributed by atoms with van der Waals surface area (Å²) in [6.45, 7) is 5.22. The van der Waals surface area contributed by atoms with E-state index in [9.17, 15) is 4.79 Å². The van der Waals surface area contributed by atoms with Crippen LogP contribution in [0.4, 0.5) is 5.95 Å². The molecule has 3 heterocycles. The standard InChI is InChI=1S/C24H28N6O3/c1-15-19(16(2)28-24(25)27-15)7-8-23(31)30-9-10-33-22(14-30)21-13-26-12-20(29-21)17-5-4-6-18(11-17)32-3/h4-6,11-13,22H,7-10,14H2,1-3H3,(H2,25,27,28)/t22-/m0/s1. The van der Waals surface area contributed by atoms with Crippen molar-refractivity contribution in [3.8, 4) is 17.0 Å². The Balaban J connectivity index is 1.44. The van der Waals surface area contributed by atoms with Gasteiger partial charge in [-0.2, -0.15) is 0 Å². The smallest absolute Gasteiger partial charge is 0.223 e. The van der Waals surface area contributed by atoms with Gasteiger partial charge in [-0.05, 0) is 38.0 Å². The first-order valence-corrected chi connectivity index (χ1v) is 10.9.